The van der Waals surface area contributed by atoms with Gasteiger partial charge >= 0.3 is 0 Å². The van der Waals surface area contributed by atoms with Gasteiger partial charge in [-0.05, 0) is 24.6 Å². The van der Waals surface area contributed by atoms with Crippen LogP contribution in [-0.2, 0) is 0 Å². The molecule has 1 radical (unpaired) electrons. The maximum atomic E-state index is 8.76. The van der Waals surface area contributed by atoms with Crippen molar-refractivity contribution >= 4 is 0 Å². The van der Waals surface area contributed by atoms with Gasteiger partial charge in [-0.1, -0.05) is 12.1 Å². The molecule has 2 nitrogen and oxygen atoms in total. The molecule has 0 aromatic heterocycles. The van der Waals surface area contributed by atoms with Gasteiger partial charge in [0.05, 0.1) is 0 Å². The van der Waals surface area contributed by atoms with Crippen LogP contribution in [0.15, 0.2) is 24.3 Å². The van der Waals surface area contributed by atoms with Gasteiger partial charge in [-0.3, -0.25) is 0 Å². The monoisotopic (exact) mass is 151 g/mol. The molecule has 2 heteroatoms. The Morgan fingerprint density at radius 3 is 2.82 bits per heavy atom. The van der Waals surface area contributed by atoms with Crippen molar-refractivity contribution < 1.29 is 9.84 Å². The van der Waals surface area contributed by atoms with Crippen LogP contribution in [0, 0.1) is 13.8 Å². The topological polar surface area (TPSA) is 29.5 Å². The number of hydrogen-bond acceptors (Lipinski definition) is 2. The minimum absolute atomic E-state index is 0.646. The Labute approximate surface area is 66.4 Å². The lowest BCUT2D eigenvalue weighted by molar-refractivity contribution is 0.0222. The number of aliphatic hydroxyl groups excluding tert-OH is 1. The fourth-order valence-corrected chi connectivity index (χ4v) is 0.846. The molecule has 0 bridgehead atoms. The first-order valence-electron chi connectivity index (χ1n) is 3.43. The zero-order chi connectivity index (χ0) is 8.27. The van der Waals surface area contributed by atoms with Gasteiger partial charge in [-0.15, -0.1) is 0 Å². The molecule has 1 N–H and O–H groups in total. The number of rotatable bonds is 2. The highest BCUT2D eigenvalue weighted by molar-refractivity contribution is 5.27. The quantitative estimate of drug-likeness (QED) is 0.649. The van der Waals surface area contributed by atoms with Crippen LogP contribution in [-0.4, -0.2) is 11.4 Å². The standard InChI is InChI=1S/C9H11O2/c1-7-4-3-5-9(6-7)11-8(2)10/h3-6,8,10H,2H2,1H3. The molecule has 11 heavy (non-hydrogen) atoms. The van der Waals surface area contributed by atoms with E-state index in [0.717, 1.165) is 5.56 Å². The molecule has 1 rings (SSSR count). The van der Waals surface area contributed by atoms with Gasteiger partial charge in [0.25, 0.3) is 0 Å². The third-order valence-electron chi connectivity index (χ3n) is 1.26. The van der Waals surface area contributed by atoms with Crippen LogP contribution < -0.4 is 4.74 Å². The molecule has 0 aliphatic rings. The minimum Gasteiger partial charge on any atom is -0.465 e. The van der Waals surface area contributed by atoms with E-state index in [-0.39, 0.29) is 0 Å². The first-order valence-corrected chi connectivity index (χ1v) is 3.43. The predicted molar refractivity (Wildman–Crippen MR) is 43.2 cm³/mol. The zero-order valence-electron chi connectivity index (χ0n) is 6.45. The van der Waals surface area contributed by atoms with Crippen molar-refractivity contribution in [3.8, 4) is 5.75 Å². The summed E-state index contributed by atoms with van der Waals surface area (Å²) in [6, 6.07) is 7.45. The molecule has 1 aromatic carbocycles. The molecular formula is C9H11O2. The lowest BCUT2D eigenvalue weighted by atomic mass is 10.2. The fraction of sp³-hybridized carbons (Fsp3) is 0.222. The van der Waals surface area contributed by atoms with Crippen molar-refractivity contribution in [2.75, 3.05) is 0 Å². The maximum absolute atomic E-state index is 8.76. The average Bonchev–Trinajstić information content (AvgIpc) is 1.85. The highest BCUT2D eigenvalue weighted by Gasteiger charge is 1.96. The van der Waals surface area contributed by atoms with E-state index < -0.39 is 6.29 Å². The summed E-state index contributed by atoms with van der Waals surface area (Å²) in [5, 5.41) is 8.76. The van der Waals surface area contributed by atoms with E-state index in [4.69, 9.17) is 9.84 Å². The first-order chi connectivity index (χ1) is 5.18. The molecule has 0 amide bonds. The molecule has 0 heterocycles. The molecule has 59 valence electrons. The number of benzene rings is 1. The lowest BCUT2D eigenvalue weighted by Crippen LogP contribution is -2.09. The van der Waals surface area contributed by atoms with Gasteiger partial charge in [0.1, 0.15) is 5.75 Å². The van der Waals surface area contributed by atoms with Gasteiger partial charge in [0, 0.05) is 6.92 Å². The smallest absolute Gasteiger partial charge is 0.197 e. The maximum Gasteiger partial charge on any atom is 0.197 e. The molecule has 1 unspecified atom stereocenters. The summed E-state index contributed by atoms with van der Waals surface area (Å²) in [5.74, 6) is 0.646. The van der Waals surface area contributed by atoms with Gasteiger partial charge in [0.15, 0.2) is 6.29 Å². The zero-order valence-corrected chi connectivity index (χ0v) is 6.45. The Morgan fingerprint density at radius 2 is 2.27 bits per heavy atom. The first kappa shape index (κ1) is 8.08. The lowest BCUT2D eigenvalue weighted by Gasteiger charge is -2.07. The van der Waals surface area contributed by atoms with E-state index in [1.807, 2.05) is 25.1 Å². The van der Waals surface area contributed by atoms with Crippen molar-refractivity contribution in [2.24, 2.45) is 0 Å². The van der Waals surface area contributed by atoms with Crippen LogP contribution in [0.4, 0.5) is 0 Å². The Kier molecular flexibility index (Phi) is 2.49. The summed E-state index contributed by atoms with van der Waals surface area (Å²) in [4.78, 5) is 0. The third-order valence-corrected chi connectivity index (χ3v) is 1.26. The Balaban J connectivity index is 2.71. The second-order valence-corrected chi connectivity index (χ2v) is 2.39. The largest absolute Gasteiger partial charge is 0.465 e. The highest BCUT2D eigenvalue weighted by Crippen LogP contribution is 2.12. The van der Waals surface area contributed by atoms with Crippen LogP contribution in [0.2, 0.25) is 0 Å². The summed E-state index contributed by atoms with van der Waals surface area (Å²) in [5.41, 5.74) is 1.10. The summed E-state index contributed by atoms with van der Waals surface area (Å²) in [6.07, 6.45) is -0.989. The van der Waals surface area contributed by atoms with Crippen molar-refractivity contribution in [1.29, 1.82) is 0 Å². The molecule has 1 aromatic rings. The Bertz CT molecular complexity index is 231. The van der Waals surface area contributed by atoms with Crippen molar-refractivity contribution in [2.45, 2.75) is 13.2 Å². The summed E-state index contributed by atoms with van der Waals surface area (Å²) < 4.78 is 4.94. The molecule has 1 atom stereocenters. The van der Waals surface area contributed by atoms with E-state index in [2.05, 4.69) is 6.92 Å². The van der Waals surface area contributed by atoms with E-state index >= 15 is 0 Å². The summed E-state index contributed by atoms with van der Waals surface area (Å²) in [6.45, 7) is 5.26. The van der Waals surface area contributed by atoms with Crippen molar-refractivity contribution in [3.63, 3.8) is 0 Å². The third kappa shape index (κ3) is 2.60. The van der Waals surface area contributed by atoms with Crippen molar-refractivity contribution in [3.05, 3.63) is 36.8 Å². The second-order valence-electron chi connectivity index (χ2n) is 2.39. The van der Waals surface area contributed by atoms with Crippen LogP contribution in [0.3, 0.4) is 0 Å². The molecule has 0 aliphatic heterocycles. The summed E-state index contributed by atoms with van der Waals surface area (Å²) in [7, 11) is 0. The number of ether oxygens (including phenoxy) is 1. The number of aliphatic hydroxyl groups is 1. The normalized spacial score (nSPS) is 12.6. The van der Waals surface area contributed by atoms with E-state index in [0.29, 0.717) is 5.75 Å². The van der Waals surface area contributed by atoms with Gasteiger partial charge in [-0.2, -0.15) is 0 Å². The molecule has 0 aliphatic carbocycles. The Hall–Kier alpha value is -1.02. The number of aryl methyl sites for hydroxylation is 1. The van der Waals surface area contributed by atoms with Crippen LogP contribution in [0.5, 0.6) is 5.75 Å². The SMILES string of the molecule is [CH2]C(O)Oc1cccc(C)c1. The van der Waals surface area contributed by atoms with Crippen molar-refractivity contribution in [1.82, 2.24) is 0 Å². The van der Waals surface area contributed by atoms with Crippen LogP contribution in [0.1, 0.15) is 5.56 Å². The van der Waals surface area contributed by atoms with Crippen LogP contribution in [0.25, 0.3) is 0 Å². The van der Waals surface area contributed by atoms with E-state index in [1.165, 1.54) is 0 Å². The molecule has 0 spiro atoms. The van der Waals surface area contributed by atoms with E-state index in [1.54, 1.807) is 6.07 Å². The molecule has 0 saturated carbocycles. The highest BCUT2D eigenvalue weighted by atomic mass is 16.6. The minimum atomic E-state index is -0.989. The van der Waals surface area contributed by atoms with E-state index in [9.17, 15) is 0 Å². The van der Waals surface area contributed by atoms with Gasteiger partial charge < -0.3 is 9.84 Å². The van der Waals surface area contributed by atoms with Gasteiger partial charge in [0.2, 0.25) is 0 Å². The molecule has 0 fully saturated rings. The fourth-order valence-electron chi connectivity index (χ4n) is 0.846. The average molecular weight is 151 g/mol. The Morgan fingerprint density at radius 1 is 1.55 bits per heavy atom. The molecular weight excluding hydrogens is 140 g/mol. The van der Waals surface area contributed by atoms with Gasteiger partial charge in [-0.25, -0.2) is 0 Å². The molecule has 0 saturated heterocycles. The van der Waals surface area contributed by atoms with Crippen LogP contribution >= 0.6 is 0 Å². The second kappa shape index (κ2) is 3.39. The summed E-state index contributed by atoms with van der Waals surface area (Å²) >= 11 is 0. The number of hydrogen-bond donors (Lipinski definition) is 1. The predicted octanol–water partition coefficient (Wildman–Crippen LogP) is 1.53.